The van der Waals surface area contributed by atoms with Crippen LogP contribution in [0.5, 0.6) is 5.75 Å². The van der Waals surface area contributed by atoms with Crippen LogP contribution in [0.25, 0.3) is 0 Å². The Balaban J connectivity index is 2.16. The number of carbonyl (C=O) groups is 1. The minimum Gasteiger partial charge on any atom is -0.497 e. The van der Waals surface area contributed by atoms with Crippen molar-refractivity contribution >= 4 is 21.7 Å². The molecule has 0 bridgehead atoms. The molecule has 28 heavy (non-hydrogen) atoms. The molecule has 1 unspecified atom stereocenters. The first kappa shape index (κ1) is 20.2. The fourth-order valence-electron chi connectivity index (χ4n) is 3.57. The van der Waals surface area contributed by atoms with Crippen LogP contribution in [0.4, 0.5) is 5.69 Å². The second-order valence-electron chi connectivity index (χ2n) is 7.19. The summed E-state index contributed by atoms with van der Waals surface area (Å²) in [6.45, 7) is 3.59. The topological polar surface area (TPSA) is 110 Å². The van der Waals surface area contributed by atoms with Crippen molar-refractivity contribution in [1.82, 2.24) is 0 Å². The monoisotopic (exact) mass is 404 g/mol. The Bertz CT molecular complexity index is 986. The highest BCUT2D eigenvalue weighted by Gasteiger charge is 2.27. The Morgan fingerprint density at radius 2 is 1.96 bits per heavy atom. The maximum Gasteiger partial charge on any atom is 0.335 e. The number of ether oxygens (including phenoxy) is 1. The van der Waals surface area contributed by atoms with Crippen molar-refractivity contribution < 1.29 is 23.1 Å². The first-order valence-corrected chi connectivity index (χ1v) is 10.5. The van der Waals surface area contributed by atoms with Gasteiger partial charge in [-0.05, 0) is 47.7 Å². The van der Waals surface area contributed by atoms with E-state index in [-0.39, 0.29) is 10.5 Å². The van der Waals surface area contributed by atoms with Crippen LogP contribution in [0, 0.1) is 5.92 Å². The van der Waals surface area contributed by atoms with Crippen molar-refractivity contribution in [3.05, 3.63) is 53.1 Å². The summed E-state index contributed by atoms with van der Waals surface area (Å²) in [6.07, 6.45) is 1.28. The number of benzene rings is 2. The molecule has 0 radical (unpaired) electrons. The van der Waals surface area contributed by atoms with Gasteiger partial charge in [0.25, 0.3) is 0 Å². The van der Waals surface area contributed by atoms with E-state index >= 15 is 0 Å². The summed E-state index contributed by atoms with van der Waals surface area (Å²) in [5.74, 6) is -0.0418. The number of aromatic carboxylic acids is 1. The van der Waals surface area contributed by atoms with Crippen LogP contribution >= 0.6 is 0 Å². The minimum absolute atomic E-state index is 0.0861. The summed E-state index contributed by atoms with van der Waals surface area (Å²) >= 11 is 0. The van der Waals surface area contributed by atoms with E-state index in [1.807, 2.05) is 17.0 Å². The number of anilines is 1. The summed E-state index contributed by atoms with van der Waals surface area (Å²) in [7, 11) is -2.53. The predicted molar refractivity (Wildman–Crippen MR) is 107 cm³/mol. The normalized spacial score (nSPS) is 17.0. The molecule has 8 heteroatoms. The number of nitrogens with two attached hydrogens (primary N) is 1. The number of methoxy groups -OCH3 is 1. The van der Waals surface area contributed by atoms with Crippen LogP contribution in [0.15, 0.2) is 41.3 Å². The molecule has 1 atom stereocenters. The van der Waals surface area contributed by atoms with Gasteiger partial charge in [-0.3, -0.25) is 0 Å². The zero-order chi connectivity index (χ0) is 20.5. The van der Waals surface area contributed by atoms with Gasteiger partial charge < -0.3 is 14.7 Å². The number of nitrogens with zero attached hydrogens (tertiary/aromatic N) is 1. The van der Waals surface area contributed by atoms with Crippen molar-refractivity contribution in [3.8, 4) is 5.75 Å². The number of carboxylic acids is 1. The van der Waals surface area contributed by atoms with E-state index in [4.69, 9.17) is 9.88 Å². The summed E-state index contributed by atoms with van der Waals surface area (Å²) < 4.78 is 29.8. The first-order chi connectivity index (χ1) is 13.2. The third kappa shape index (κ3) is 4.28. The van der Waals surface area contributed by atoms with Crippen molar-refractivity contribution in [2.24, 2.45) is 11.1 Å². The number of rotatable bonds is 6. The molecule has 0 saturated carbocycles. The predicted octanol–water partition coefficient (Wildman–Crippen LogP) is 2.48. The fourth-order valence-corrected chi connectivity index (χ4v) is 4.38. The smallest absolute Gasteiger partial charge is 0.335 e. The SMILES string of the molecule is COc1ccc(Cc2c(N3CCC(C)C3)cc(C(=O)O)cc2S(N)(=O)=O)cc1. The highest BCUT2D eigenvalue weighted by atomic mass is 32.2. The van der Waals surface area contributed by atoms with E-state index in [1.165, 1.54) is 0 Å². The van der Waals surface area contributed by atoms with E-state index < -0.39 is 16.0 Å². The fraction of sp³-hybridized carbons (Fsp3) is 0.350. The molecule has 7 nitrogen and oxygen atoms in total. The Morgan fingerprint density at radius 3 is 2.46 bits per heavy atom. The van der Waals surface area contributed by atoms with Gasteiger partial charge in [0.05, 0.1) is 17.6 Å². The number of primary sulfonamides is 1. The second-order valence-corrected chi connectivity index (χ2v) is 8.72. The first-order valence-electron chi connectivity index (χ1n) is 9.00. The van der Waals surface area contributed by atoms with E-state index in [0.717, 1.165) is 31.1 Å². The summed E-state index contributed by atoms with van der Waals surface area (Å²) in [5, 5.41) is 14.9. The maximum atomic E-state index is 12.3. The number of hydrogen-bond acceptors (Lipinski definition) is 5. The van der Waals surface area contributed by atoms with Gasteiger partial charge in [0.2, 0.25) is 10.0 Å². The molecule has 150 valence electrons. The van der Waals surface area contributed by atoms with Crippen LogP contribution in [0.3, 0.4) is 0 Å². The Labute approximate surface area is 164 Å². The molecule has 2 aromatic carbocycles. The van der Waals surface area contributed by atoms with Crippen molar-refractivity contribution in [2.45, 2.75) is 24.7 Å². The minimum atomic E-state index is -4.10. The van der Waals surface area contributed by atoms with Crippen LogP contribution in [-0.2, 0) is 16.4 Å². The van der Waals surface area contributed by atoms with Gasteiger partial charge in [0.15, 0.2) is 0 Å². The quantitative estimate of drug-likeness (QED) is 0.765. The van der Waals surface area contributed by atoms with E-state index in [2.05, 4.69) is 6.92 Å². The lowest BCUT2D eigenvalue weighted by Gasteiger charge is -2.24. The van der Waals surface area contributed by atoms with Gasteiger partial charge in [-0.25, -0.2) is 18.4 Å². The molecule has 0 aliphatic carbocycles. The molecule has 2 aromatic rings. The summed E-state index contributed by atoms with van der Waals surface area (Å²) in [4.78, 5) is 13.5. The standard InChI is InChI=1S/C20H24N2O5S/c1-13-7-8-22(12-13)18-10-15(20(23)24)11-19(28(21,25)26)17(18)9-14-3-5-16(27-2)6-4-14/h3-6,10-11,13H,7-9,12H2,1-2H3,(H,23,24)(H2,21,25,26). The Hall–Kier alpha value is -2.58. The lowest BCUT2D eigenvalue weighted by atomic mass is 10.00. The van der Waals surface area contributed by atoms with E-state index in [9.17, 15) is 18.3 Å². The largest absolute Gasteiger partial charge is 0.497 e. The van der Waals surface area contributed by atoms with Gasteiger partial charge in [-0.1, -0.05) is 19.1 Å². The van der Waals surface area contributed by atoms with Crippen molar-refractivity contribution in [3.63, 3.8) is 0 Å². The van der Waals surface area contributed by atoms with Crippen LogP contribution in [-0.4, -0.2) is 39.7 Å². The molecule has 1 aliphatic heterocycles. The van der Waals surface area contributed by atoms with Gasteiger partial charge in [0.1, 0.15) is 5.75 Å². The Kier molecular flexibility index (Phi) is 5.62. The van der Waals surface area contributed by atoms with Gasteiger partial charge >= 0.3 is 5.97 Å². The molecule has 0 spiro atoms. The number of carboxylic acid groups (broad SMARTS) is 1. The Morgan fingerprint density at radius 1 is 1.29 bits per heavy atom. The zero-order valence-corrected chi connectivity index (χ0v) is 16.7. The van der Waals surface area contributed by atoms with Crippen LogP contribution in [0.1, 0.15) is 34.8 Å². The van der Waals surface area contributed by atoms with Gasteiger partial charge in [-0.2, -0.15) is 0 Å². The number of sulfonamides is 1. The average Bonchev–Trinajstić information content (AvgIpc) is 3.07. The number of hydrogen-bond donors (Lipinski definition) is 2. The van der Waals surface area contributed by atoms with Crippen molar-refractivity contribution in [2.75, 3.05) is 25.1 Å². The van der Waals surface area contributed by atoms with Crippen LogP contribution < -0.4 is 14.8 Å². The average molecular weight is 404 g/mol. The second kappa shape index (κ2) is 7.81. The molecule has 1 saturated heterocycles. The molecule has 0 amide bonds. The van der Waals surface area contributed by atoms with Crippen LogP contribution in [0.2, 0.25) is 0 Å². The molecule has 3 N–H and O–H groups in total. The summed E-state index contributed by atoms with van der Waals surface area (Å²) in [6, 6.07) is 10.0. The van der Waals surface area contributed by atoms with Crippen molar-refractivity contribution in [1.29, 1.82) is 0 Å². The molecule has 3 rings (SSSR count). The summed E-state index contributed by atoms with van der Waals surface area (Å²) in [5.41, 5.74) is 1.93. The van der Waals surface area contributed by atoms with E-state index in [0.29, 0.717) is 29.3 Å². The molecular weight excluding hydrogens is 380 g/mol. The van der Waals surface area contributed by atoms with Gasteiger partial charge in [-0.15, -0.1) is 0 Å². The molecular formula is C20H24N2O5S. The molecule has 0 aromatic heterocycles. The molecule has 1 heterocycles. The third-order valence-electron chi connectivity index (χ3n) is 5.04. The molecule has 1 fully saturated rings. The molecule has 1 aliphatic rings. The zero-order valence-electron chi connectivity index (χ0n) is 15.9. The third-order valence-corrected chi connectivity index (χ3v) is 6.02. The van der Waals surface area contributed by atoms with Gasteiger partial charge in [0, 0.05) is 25.2 Å². The maximum absolute atomic E-state index is 12.3. The lowest BCUT2D eigenvalue weighted by Crippen LogP contribution is -2.24. The highest BCUT2D eigenvalue weighted by molar-refractivity contribution is 7.89. The lowest BCUT2D eigenvalue weighted by molar-refractivity contribution is 0.0696. The highest BCUT2D eigenvalue weighted by Crippen LogP contribution is 2.34. The van der Waals surface area contributed by atoms with E-state index in [1.54, 1.807) is 25.3 Å².